The van der Waals surface area contributed by atoms with E-state index in [2.05, 4.69) is 0 Å². The molecule has 0 unspecified atom stereocenters. The van der Waals surface area contributed by atoms with Crippen LogP contribution in [-0.2, 0) is 6.61 Å². The van der Waals surface area contributed by atoms with E-state index in [1.54, 1.807) is 30.3 Å². The van der Waals surface area contributed by atoms with Crippen molar-refractivity contribution >= 4 is 35.1 Å². The highest BCUT2D eigenvalue weighted by molar-refractivity contribution is 6.35. The summed E-state index contributed by atoms with van der Waals surface area (Å²) in [6.07, 6.45) is 1.76. The Bertz CT molecular complexity index is 1130. The molecule has 1 aliphatic rings. The maximum Gasteiger partial charge on any atom is 0.232 e. The van der Waals surface area contributed by atoms with Gasteiger partial charge in [-0.15, -0.1) is 0 Å². The summed E-state index contributed by atoms with van der Waals surface area (Å²) in [7, 11) is 0. The minimum absolute atomic E-state index is 0.125. The lowest BCUT2D eigenvalue weighted by Gasteiger charge is -2.11. The van der Waals surface area contributed by atoms with Crippen LogP contribution in [0.4, 0.5) is 0 Å². The largest absolute Gasteiger partial charge is 0.489 e. The number of benzene rings is 3. The number of carbonyl (C=O) groups excluding carboxylic acids is 1. The fraction of sp³-hybridized carbons (Fsp3) is 0.125. The van der Waals surface area contributed by atoms with Crippen LogP contribution in [0.3, 0.4) is 0 Å². The van der Waals surface area contributed by atoms with Crippen LogP contribution in [0.25, 0.3) is 6.08 Å². The third kappa shape index (κ3) is 4.02. The van der Waals surface area contributed by atoms with E-state index in [0.29, 0.717) is 38.4 Å². The molecule has 3 aromatic carbocycles. The molecule has 0 fully saturated rings. The van der Waals surface area contributed by atoms with Crippen LogP contribution >= 0.6 is 23.2 Å². The maximum atomic E-state index is 12.8. The number of aryl methyl sites for hydroxylation is 2. The van der Waals surface area contributed by atoms with Gasteiger partial charge in [0.05, 0.1) is 5.56 Å². The summed E-state index contributed by atoms with van der Waals surface area (Å²) < 4.78 is 11.7. The van der Waals surface area contributed by atoms with Crippen molar-refractivity contribution in [3.63, 3.8) is 0 Å². The Balaban J connectivity index is 1.59. The second kappa shape index (κ2) is 7.94. The quantitative estimate of drug-likeness (QED) is 0.431. The summed E-state index contributed by atoms with van der Waals surface area (Å²) in [4.78, 5) is 12.8. The Morgan fingerprint density at radius 2 is 1.72 bits per heavy atom. The zero-order valence-electron chi connectivity index (χ0n) is 16.0. The molecule has 0 aromatic heterocycles. The number of carbonyl (C=O) groups is 1. The number of Topliss-reactive ketones (excluding diaryl/α,β-unsaturated/α-hetero) is 1. The molecule has 3 nitrogen and oxygen atoms in total. The van der Waals surface area contributed by atoms with Crippen LogP contribution in [0, 0.1) is 13.8 Å². The van der Waals surface area contributed by atoms with Gasteiger partial charge in [-0.2, -0.15) is 0 Å². The van der Waals surface area contributed by atoms with Crippen LogP contribution in [-0.4, -0.2) is 5.78 Å². The van der Waals surface area contributed by atoms with Crippen molar-refractivity contribution in [1.29, 1.82) is 0 Å². The lowest BCUT2D eigenvalue weighted by Crippen LogP contribution is -2.00. The number of halogens is 2. The minimum atomic E-state index is -0.125. The van der Waals surface area contributed by atoms with E-state index < -0.39 is 0 Å². The molecule has 0 atom stereocenters. The topological polar surface area (TPSA) is 35.5 Å². The third-order valence-electron chi connectivity index (χ3n) is 4.73. The number of ether oxygens (including phenoxy) is 2. The normalized spacial score (nSPS) is 14.1. The molecule has 0 amide bonds. The molecule has 1 aliphatic heterocycles. The van der Waals surface area contributed by atoms with Crippen LogP contribution < -0.4 is 9.47 Å². The predicted octanol–water partition coefficient (Wildman–Crippen LogP) is 6.81. The van der Waals surface area contributed by atoms with Crippen molar-refractivity contribution in [2.24, 2.45) is 0 Å². The Kier molecular flexibility index (Phi) is 5.35. The van der Waals surface area contributed by atoms with Gasteiger partial charge in [-0.25, -0.2) is 0 Å². The molecule has 29 heavy (non-hydrogen) atoms. The monoisotopic (exact) mass is 424 g/mol. The van der Waals surface area contributed by atoms with E-state index in [4.69, 9.17) is 32.7 Å². The van der Waals surface area contributed by atoms with Crippen molar-refractivity contribution in [2.75, 3.05) is 0 Å². The molecule has 3 aromatic rings. The van der Waals surface area contributed by atoms with E-state index in [1.165, 1.54) is 0 Å². The van der Waals surface area contributed by atoms with Gasteiger partial charge in [0, 0.05) is 21.7 Å². The van der Waals surface area contributed by atoms with Crippen LogP contribution in [0.2, 0.25) is 10.0 Å². The number of allylic oxidation sites excluding steroid dienone is 1. The molecular formula is C24H18Cl2O3. The summed E-state index contributed by atoms with van der Waals surface area (Å²) in [6, 6.07) is 16.8. The first-order valence-electron chi connectivity index (χ1n) is 9.13. The summed E-state index contributed by atoms with van der Waals surface area (Å²) in [5, 5.41) is 1.09. The molecular weight excluding hydrogens is 407 g/mol. The molecule has 5 heteroatoms. The lowest BCUT2D eigenvalue weighted by atomic mass is 10.0. The van der Waals surface area contributed by atoms with Gasteiger partial charge in [0.1, 0.15) is 18.1 Å². The van der Waals surface area contributed by atoms with E-state index >= 15 is 0 Å². The first-order valence-corrected chi connectivity index (χ1v) is 9.89. The predicted molar refractivity (Wildman–Crippen MR) is 116 cm³/mol. The smallest absolute Gasteiger partial charge is 0.232 e. The van der Waals surface area contributed by atoms with Crippen molar-refractivity contribution in [2.45, 2.75) is 20.5 Å². The third-order valence-corrected chi connectivity index (χ3v) is 5.44. The van der Waals surface area contributed by atoms with E-state index in [-0.39, 0.29) is 12.4 Å². The highest BCUT2D eigenvalue weighted by atomic mass is 35.5. The summed E-state index contributed by atoms with van der Waals surface area (Å²) >= 11 is 12.4. The Morgan fingerprint density at radius 1 is 1.00 bits per heavy atom. The Labute approximate surface area is 179 Å². The molecule has 4 rings (SSSR count). The molecule has 0 N–H and O–H groups in total. The van der Waals surface area contributed by atoms with Crippen molar-refractivity contribution in [3.8, 4) is 11.5 Å². The van der Waals surface area contributed by atoms with Gasteiger partial charge in [-0.05, 0) is 49.2 Å². The van der Waals surface area contributed by atoms with E-state index in [0.717, 1.165) is 16.7 Å². The zero-order chi connectivity index (χ0) is 20.5. The first-order chi connectivity index (χ1) is 13.9. The molecule has 1 heterocycles. The minimum Gasteiger partial charge on any atom is -0.489 e. The fourth-order valence-corrected chi connectivity index (χ4v) is 3.80. The van der Waals surface area contributed by atoms with Gasteiger partial charge >= 0.3 is 0 Å². The van der Waals surface area contributed by atoms with Crippen molar-refractivity contribution in [1.82, 2.24) is 0 Å². The average Bonchev–Trinajstić information content (AvgIpc) is 2.97. The molecule has 0 bridgehead atoms. The number of rotatable bonds is 4. The van der Waals surface area contributed by atoms with Gasteiger partial charge in [0.15, 0.2) is 5.76 Å². The lowest BCUT2D eigenvalue weighted by molar-refractivity contribution is 0.101. The molecule has 146 valence electrons. The van der Waals surface area contributed by atoms with Crippen molar-refractivity contribution < 1.29 is 14.3 Å². The fourth-order valence-electron chi connectivity index (χ4n) is 3.30. The molecule has 0 aliphatic carbocycles. The van der Waals surface area contributed by atoms with Gasteiger partial charge < -0.3 is 9.47 Å². The van der Waals surface area contributed by atoms with Crippen LogP contribution in [0.1, 0.15) is 32.6 Å². The Hall–Kier alpha value is -2.75. The molecule has 0 spiro atoms. The number of ketones is 1. The number of hydrogen-bond acceptors (Lipinski definition) is 3. The zero-order valence-corrected chi connectivity index (χ0v) is 17.5. The highest BCUT2D eigenvalue weighted by Crippen LogP contribution is 2.38. The Morgan fingerprint density at radius 3 is 2.45 bits per heavy atom. The van der Waals surface area contributed by atoms with Gasteiger partial charge in [0.2, 0.25) is 5.78 Å². The average molecular weight is 425 g/mol. The number of hydrogen-bond donors (Lipinski definition) is 0. The molecule has 0 radical (unpaired) electrons. The second-order valence-corrected chi connectivity index (χ2v) is 7.77. The van der Waals surface area contributed by atoms with Gasteiger partial charge in [-0.1, -0.05) is 59.1 Å². The maximum absolute atomic E-state index is 12.8. The number of fused-ring (bicyclic) bond motifs is 1. The van der Waals surface area contributed by atoms with Crippen LogP contribution in [0.15, 0.2) is 60.4 Å². The van der Waals surface area contributed by atoms with E-state index in [1.807, 2.05) is 44.2 Å². The summed E-state index contributed by atoms with van der Waals surface area (Å²) in [6.45, 7) is 4.09. The first kappa shape index (κ1) is 19.6. The summed E-state index contributed by atoms with van der Waals surface area (Å²) in [5.74, 6) is 1.26. The highest BCUT2D eigenvalue weighted by Gasteiger charge is 2.30. The summed E-state index contributed by atoms with van der Waals surface area (Å²) in [5.41, 5.74) is 4.11. The second-order valence-electron chi connectivity index (χ2n) is 6.96. The van der Waals surface area contributed by atoms with Gasteiger partial charge in [0.25, 0.3) is 0 Å². The molecule has 0 saturated carbocycles. The van der Waals surface area contributed by atoms with Gasteiger partial charge in [-0.3, -0.25) is 4.79 Å². The molecule has 0 saturated heterocycles. The SMILES string of the molecule is Cc1cccc(/C=C2\Oc3cc(OCc4c(Cl)cccc4Cl)cc(C)c3C2=O)c1. The van der Waals surface area contributed by atoms with E-state index in [9.17, 15) is 4.79 Å². The van der Waals surface area contributed by atoms with Crippen LogP contribution in [0.5, 0.6) is 11.5 Å². The van der Waals surface area contributed by atoms with Crippen molar-refractivity contribution in [3.05, 3.63) is 98.2 Å². The standard InChI is InChI=1S/C24H18Cl2O3/c1-14-5-3-6-16(9-14)11-22-24(27)23-15(2)10-17(12-21(23)29-22)28-13-18-19(25)7-4-8-20(18)26/h3-12H,13H2,1-2H3/b22-11-.